The van der Waals surface area contributed by atoms with E-state index in [9.17, 15) is 0 Å². The van der Waals surface area contributed by atoms with Gasteiger partial charge >= 0.3 is 0 Å². The Morgan fingerprint density at radius 1 is 1.00 bits per heavy atom. The minimum absolute atomic E-state index is 0.264. The van der Waals surface area contributed by atoms with Crippen LogP contribution in [0.1, 0.15) is 55.1 Å². The van der Waals surface area contributed by atoms with Gasteiger partial charge in [0.25, 0.3) is 0 Å². The number of hydrogen-bond donors (Lipinski definition) is 1. The van der Waals surface area contributed by atoms with E-state index in [2.05, 4.69) is 91.0 Å². The molecule has 5 nitrogen and oxygen atoms in total. The van der Waals surface area contributed by atoms with Crippen LogP contribution in [0.5, 0.6) is 0 Å². The molecule has 1 aromatic heterocycles. The third-order valence-electron chi connectivity index (χ3n) is 6.00. The number of para-hydroxylation sites is 1. The van der Waals surface area contributed by atoms with Gasteiger partial charge in [0, 0.05) is 5.69 Å². The first-order valence-electron chi connectivity index (χ1n) is 10.2. The van der Waals surface area contributed by atoms with Crippen molar-refractivity contribution in [2.24, 2.45) is 5.92 Å². The van der Waals surface area contributed by atoms with Gasteiger partial charge in [-0.2, -0.15) is 4.68 Å². The highest BCUT2D eigenvalue weighted by Gasteiger charge is 2.41. The molecule has 146 valence electrons. The predicted molar refractivity (Wildman–Crippen MR) is 113 cm³/mol. The van der Waals surface area contributed by atoms with E-state index in [1.807, 2.05) is 4.68 Å². The van der Waals surface area contributed by atoms with Gasteiger partial charge in [0.2, 0.25) is 0 Å². The van der Waals surface area contributed by atoms with Crippen molar-refractivity contribution >= 4 is 5.69 Å². The van der Waals surface area contributed by atoms with Crippen molar-refractivity contribution in [3.63, 3.8) is 0 Å². The molecule has 0 radical (unpaired) electrons. The summed E-state index contributed by atoms with van der Waals surface area (Å²) in [6.07, 6.45) is 4.37. The van der Waals surface area contributed by atoms with E-state index in [1.54, 1.807) is 0 Å². The van der Waals surface area contributed by atoms with Gasteiger partial charge in [0.15, 0.2) is 5.82 Å². The molecule has 1 heterocycles. The topological polar surface area (TPSA) is 55.6 Å². The number of nitrogens with zero attached hydrogens (tertiary/aromatic N) is 4. The Morgan fingerprint density at radius 3 is 2.36 bits per heavy atom. The molecule has 1 N–H and O–H groups in total. The highest BCUT2D eigenvalue weighted by atomic mass is 15.6. The van der Waals surface area contributed by atoms with Crippen molar-refractivity contribution in [3.05, 3.63) is 65.0 Å². The molecule has 0 saturated heterocycles. The van der Waals surface area contributed by atoms with Crippen LogP contribution >= 0.6 is 0 Å². The highest BCUT2D eigenvalue weighted by Crippen LogP contribution is 2.42. The number of tetrazole rings is 1. The fourth-order valence-electron chi connectivity index (χ4n) is 4.36. The Balaban J connectivity index is 1.80. The summed E-state index contributed by atoms with van der Waals surface area (Å²) < 4.78 is 1.93. The maximum absolute atomic E-state index is 4.54. The van der Waals surface area contributed by atoms with Crippen molar-refractivity contribution in [1.82, 2.24) is 20.2 Å². The van der Waals surface area contributed by atoms with Crippen LogP contribution in [0.3, 0.4) is 0 Å². The first-order chi connectivity index (χ1) is 13.5. The van der Waals surface area contributed by atoms with Crippen LogP contribution in [0.25, 0.3) is 5.69 Å². The first kappa shape index (κ1) is 18.7. The van der Waals surface area contributed by atoms with Crippen LogP contribution in [0.2, 0.25) is 0 Å². The third kappa shape index (κ3) is 3.53. The van der Waals surface area contributed by atoms with E-state index < -0.39 is 0 Å². The molecule has 0 aliphatic heterocycles. The number of anilines is 1. The smallest absolute Gasteiger partial charge is 0.181 e. The van der Waals surface area contributed by atoms with Gasteiger partial charge in [-0.3, -0.25) is 0 Å². The van der Waals surface area contributed by atoms with E-state index in [0.717, 1.165) is 36.0 Å². The molecular weight excluding hydrogens is 346 g/mol. The molecular formula is C23H29N5. The fourth-order valence-corrected chi connectivity index (χ4v) is 4.36. The van der Waals surface area contributed by atoms with Crippen LogP contribution in [-0.2, 0) is 5.54 Å². The van der Waals surface area contributed by atoms with Crippen LogP contribution in [0.4, 0.5) is 5.69 Å². The Bertz CT molecular complexity index is 946. The van der Waals surface area contributed by atoms with E-state index in [-0.39, 0.29) is 5.54 Å². The van der Waals surface area contributed by atoms with E-state index in [0.29, 0.717) is 0 Å². The summed E-state index contributed by atoms with van der Waals surface area (Å²) in [5.41, 5.74) is 5.60. The van der Waals surface area contributed by atoms with E-state index in [4.69, 9.17) is 0 Å². The highest BCUT2D eigenvalue weighted by molar-refractivity contribution is 5.53. The summed E-state index contributed by atoms with van der Waals surface area (Å²) in [7, 11) is 0. The SMILES string of the molecule is Cc1cc(C)cc(-n2nnnc2C2(Nc3ccccc3C)CCC(C)CC2)c1. The third-order valence-corrected chi connectivity index (χ3v) is 6.00. The summed E-state index contributed by atoms with van der Waals surface area (Å²) in [6, 6.07) is 14.9. The van der Waals surface area contributed by atoms with Crippen molar-refractivity contribution in [2.45, 2.75) is 58.9 Å². The molecule has 0 atom stereocenters. The zero-order valence-corrected chi connectivity index (χ0v) is 17.2. The normalized spacial score (nSPS) is 22.2. The molecule has 1 aliphatic carbocycles. The minimum Gasteiger partial charge on any atom is -0.372 e. The Labute approximate surface area is 167 Å². The molecule has 1 fully saturated rings. The van der Waals surface area contributed by atoms with Gasteiger partial charge in [0.1, 0.15) is 0 Å². The second-order valence-electron chi connectivity index (χ2n) is 8.46. The lowest BCUT2D eigenvalue weighted by Crippen LogP contribution is -2.41. The zero-order chi connectivity index (χ0) is 19.7. The monoisotopic (exact) mass is 375 g/mol. The molecule has 5 heteroatoms. The van der Waals surface area contributed by atoms with Gasteiger partial charge < -0.3 is 5.32 Å². The van der Waals surface area contributed by atoms with Crippen molar-refractivity contribution in [3.8, 4) is 5.69 Å². The molecule has 28 heavy (non-hydrogen) atoms. The molecule has 0 spiro atoms. The number of aromatic nitrogens is 4. The molecule has 2 aromatic carbocycles. The van der Waals surface area contributed by atoms with Gasteiger partial charge in [-0.25, -0.2) is 0 Å². The Kier molecular flexibility index (Phi) is 4.92. The second kappa shape index (κ2) is 7.38. The first-order valence-corrected chi connectivity index (χ1v) is 10.2. The zero-order valence-electron chi connectivity index (χ0n) is 17.2. The van der Waals surface area contributed by atoms with Gasteiger partial charge in [-0.1, -0.05) is 31.2 Å². The molecule has 1 saturated carbocycles. The average Bonchev–Trinajstić information content (AvgIpc) is 3.15. The number of hydrogen-bond acceptors (Lipinski definition) is 4. The lowest BCUT2D eigenvalue weighted by Gasteiger charge is -2.40. The largest absolute Gasteiger partial charge is 0.372 e. The molecule has 0 bridgehead atoms. The number of nitrogens with one attached hydrogen (secondary N) is 1. The van der Waals surface area contributed by atoms with Crippen molar-refractivity contribution < 1.29 is 0 Å². The van der Waals surface area contributed by atoms with Crippen LogP contribution < -0.4 is 5.32 Å². The van der Waals surface area contributed by atoms with Crippen molar-refractivity contribution in [2.75, 3.05) is 5.32 Å². The van der Waals surface area contributed by atoms with Crippen LogP contribution in [-0.4, -0.2) is 20.2 Å². The maximum Gasteiger partial charge on any atom is 0.181 e. The van der Waals surface area contributed by atoms with Crippen LogP contribution in [0, 0.1) is 26.7 Å². The molecule has 4 rings (SSSR count). The summed E-state index contributed by atoms with van der Waals surface area (Å²) >= 11 is 0. The Morgan fingerprint density at radius 2 is 1.68 bits per heavy atom. The second-order valence-corrected chi connectivity index (χ2v) is 8.46. The van der Waals surface area contributed by atoms with E-state index in [1.165, 1.54) is 29.5 Å². The van der Waals surface area contributed by atoms with Crippen LogP contribution in [0.15, 0.2) is 42.5 Å². The lowest BCUT2D eigenvalue weighted by atomic mass is 9.76. The minimum atomic E-state index is -0.264. The van der Waals surface area contributed by atoms with Crippen molar-refractivity contribution in [1.29, 1.82) is 0 Å². The van der Waals surface area contributed by atoms with Gasteiger partial charge in [-0.15, -0.1) is 5.10 Å². The predicted octanol–water partition coefficient (Wildman–Crippen LogP) is 5.11. The quantitative estimate of drug-likeness (QED) is 0.689. The fraction of sp³-hybridized carbons (Fsp3) is 0.435. The van der Waals surface area contributed by atoms with Gasteiger partial charge in [0.05, 0.1) is 11.2 Å². The summed E-state index contributed by atoms with van der Waals surface area (Å²) in [4.78, 5) is 0. The standard InChI is InChI=1S/C23H29N5/c1-16-9-11-23(12-10-16,24-21-8-6-5-7-19(21)4)22-25-26-27-28(22)20-14-17(2)13-18(3)15-20/h5-8,13-16,24H,9-12H2,1-4H3. The summed E-state index contributed by atoms with van der Waals surface area (Å²) in [6.45, 7) is 8.72. The van der Waals surface area contributed by atoms with Gasteiger partial charge in [-0.05, 0) is 97.7 Å². The number of benzene rings is 2. The molecule has 3 aromatic rings. The molecule has 1 aliphatic rings. The average molecular weight is 376 g/mol. The summed E-state index contributed by atoms with van der Waals surface area (Å²) in [5, 5.41) is 16.9. The Hall–Kier alpha value is -2.69. The summed E-state index contributed by atoms with van der Waals surface area (Å²) in [5.74, 6) is 1.64. The number of rotatable bonds is 4. The van der Waals surface area contributed by atoms with E-state index >= 15 is 0 Å². The number of aryl methyl sites for hydroxylation is 3. The molecule has 0 unspecified atom stereocenters. The molecule has 0 amide bonds. The lowest BCUT2D eigenvalue weighted by molar-refractivity contribution is 0.255. The maximum atomic E-state index is 4.54.